The number of anilines is 3. The molecule has 290 valence electrons. The van der Waals surface area contributed by atoms with Crippen molar-refractivity contribution in [2.45, 2.75) is 0 Å². The van der Waals surface area contributed by atoms with Crippen molar-refractivity contribution >= 4 is 71.2 Å². The Bertz CT molecular complexity index is 3580. The van der Waals surface area contributed by atoms with Gasteiger partial charge in [-0.05, 0) is 132 Å². The van der Waals surface area contributed by atoms with Crippen molar-refractivity contribution in [2.24, 2.45) is 0 Å². The van der Waals surface area contributed by atoms with E-state index in [0.29, 0.717) is 0 Å². The summed E-state index contributed by atoms with van der Waals surface area (Å²) in [5.74, 6) is 0. The van der Waals surface area contributed by atoms with Gasteiger partial charge in [0.25, 0.3) is 0 Å². The van der Waals surface area contributed by atoms with E-state index in [9.17, 15) is 0 Å². The highest BCUT2D eigenvalue weighted by molar-refractivity contribution is 6.15. The summed E-state index contributed by atoms with van der Waals surface area (Å²) in [6.45, 7) is 0. The average molecular weight is 789 g/mol. The Kier molecular flexibility index (Phi) is 8.53. The van der Waals surface area contributed by atoms with E-state index in [4.69, 9.17) is 0 Å². The maximum absolute atomic E-state index is 2.41. The van der Waals surface area contributed by atoms with Crippen molar-refractivity contribution in [3.8, 4) is 39.1 Å². The van der Waals surface area contributed by atoms with E-state index in [0.717, 1.165) is 28.3 Å². The number of rotatable bonds is 7. The molecule has 2 heteroatoms. The molecule has 1 heterocycles. The van der Waals surface area contributed by atoms with Gasteiger partial charge in [0.15, 0.2) is 0 Å². The molecule has 0 radical (unpaired) electrons. The second-order valence-electron chi connectivity index (χ2n) is 16.1. The molecule has 0 aliphatic rings. The smallest absolute Gasteiger partial charge is 0.0541 e. The molecule has 0 unspecified atom stereocenters. The van der Waals surface area contributed by atoms with Gasteiger partial charge in [-0.1, -0.05) is 176 Å². The Labute approximate surface area is 360 Å². The molecule has 0 saturated heterocycles. The van der Waals surface area contributed by atoms with E-state index in [2.05, 4.69) is 252 Å². The first-order valence-corrected chi connectivity index (χ1v) is 21.3. The minimum atomic E-state index is 1.09. The Morgan fingerprint density at radius 3 is 1.58 bits per heavy atom. The van der Waals surface area contributed by atoms with Gasteiger partial charge in [0.05, 0.1) is 11.0 Å². The van der Waals surface area contributed by atoms with E-state index in [1.165, 1.54) is 81.9 Å². The van der Waals surface area contributed by atoms with Crippen molar-refractivity contribution in [1.29, 1.82) is 0 Å². The van der Waals surface area contributed by atoms with Crippen LogP contribution in [0.1, 0.15) is 0 Å². The van der Waals surface area contributed by atoms with E-state index >= 15 is 0 Å². The number of aromatic nitrogens is 1. The predicted octanol–water partition coefficient (Wildman–Crippen LogP) is 16.7. The number of hydrogen-bond acceptors (Lipinski definition) is 1. The van der Waals surface area contributed by atoms with Crippen LogP contribution < -0.4 is 4.90 Å². The molecule has 11 aromatic carbocycles. The molecule has 0 atom stereocenters. The zero-order chi connectivity index (χ0) is 41.0. The van der Waals surface area contributed by atoms with Gasteiger partial charge in [-0.2, -0.15) is 0 Å². The SMILES string of the molecule is c1ccc(N(c2ccc(-c3cccc4ccccc34)cc2)c2ccc(-c3cccc(-n4c5ccccc5c5ccccc54)c3)c(-c3cc4ccccc4c4ccccc34)c2)cc1. The molecule has 0 saturated carbocycles. The lowest BCUT2D eigenvalue weighted by atomic mass is 9.88. The normalized spacial score (nSPS) is 11.5. The molecule has 0 spiro atoms. The second kappa shape index (κ2) is 14.8. The summed E-state index contributed by atoms with van der Waals surface area (Å²) >= 11 is 0. The van der Waals surface area contributed by atoms with E-state index in [1.54, 1.807) is 0 Å². The molecule has 0 amide bonds. The molecule has 0 bridgehead atoms. The predicted molar refractivity (Wildman–Crippen MR) is 264 cm³/mol. The molecule has 12 aromatic rings. The Morgan fingerprint density at radius 2 is 0.823 bits per heavy atom. The second-order valence-corrected chi connectivity index (χ2v) is 16.1. The maximum Gasteiger partial charge on any atom is 0.0541 e. The lowest BCUT2D eigenvalue weighted by Crippen LogP contribution is -2.10. The third-order valence-corrected chi connectivity index (χ3v) is 12.6. The highest BCUT2D eigenvalue weighted by Gasteiger charge is 2.20. The third-order valence-electron chi connectivity index (χ3n) is 12.6. The molecular weight excluding hydrogens is 749 g/mol. The van der Waals surface area contributed by atoms with Crippen LogP contribution in [-0.4, -0.2) is 4.57 Å². The van der Waals surface area contributed by atoms with E-state index in [-0.39, 0.29) is 0 Å². The van der Waals surface area contributed by atoms with E-state index in [1.807, 2.05) is 0 Å². The minimum Gasteiger partial charge on any atom is -0.310 e. The number of hydrogen-bond donors (Lipinski definition) is 0. The highest BCUT2D eigenvalue weighted by atomic mass is 15.1. The lowest BCUT2D eigenvalue weighted by molar-refractivity contribution is 1.18. The zero-order valence-electron chi connectivity index (χ0n) is 34.0. The molecule has 12 rings (SSSR count). The summed E-state index contributed by atoms with van der Waals surface area (Å²) < 4.78 is 2.41. The number of nitrogens with zero attached hydrogens (tertiary/aromatic N) is 2. The molecule has 2 nitrogen and oxygen atoms in total. The molecule has 0 N–H and O–H groups in total. The first kappa shape index (κ1) is 35.7. The summed E-state index contributed by atoms with van der Waals surface area (Å²) in [6, 6.07) is 88.6. The largest absolute Gasteiger partial charge is 0.310 e. The van der Waals surface area contributed by atoms with E-state index < -0.39 is 0 Å². The van der Waals surface area contributed by atoms with Crippen LogP contribution in [0.3, 0.4) is 0 Å². The van der Waals surface area contributed by atoms with Gasteiger partial charge < -0.3 is 9.47 Å². The molecule has 62 heavy (non-hydrogen) atoms. The highest BCUT2D eigenvalue weighted by Crippen LogP contribution is 2.45. The van der Waals surface area contributed by atoms with Gasteiger partial charge in [-0.25, -0.2) is 0 Å². The van der Waals surface area contributed by atoms with Crippen molar-refractivity contribution in [1.82, 2.24) is 4.57 Å². The fourth-order valence-electron chi connectivity index (χ4n) is 9.73. The molecule has 0 aliphatic heterocycles. The fraction of sp³-hybridized carbons (Fsp3) is 0. The average Bonchev–Trinajstić information content (AvgIpc) is 3.69. The Morgan fingerprint density at radius 1 is 0.258 bits per heavy atom. The molecular formula is C60H40N2. The monoisotopic (exact) mass is 788 g/mol. The third kappa shape index (κ3) is 5.96. The maximum atomic E-state index is 2.41. The van der Waals surface area contributed by atoms with Crippen LogP contribution in [0.2, 0.25) is 0 Å². The summed E-state index contributed by atoms with van der Waals surface area (Å²) in [5, 5.41) is 9.98. The number of para-hydroxylation sites is 3. The minimum absolute atomic E-state index is 1.09. The lowest BCUT2D eigenvalue weighted by Gasteiger charge is -2.27. The van der Waals surface area contributed by atoms with Crippen molar-refractivity contribution < 1.29 is 0 Å². The van der Waals surface area contributed by atoms with Crippen LogP contribution in [0.15, 0.2) is 243 Å². The van der Waals surface area contributed by atoms with Gasteiger partial charge in [-0.15, -0.1) is 0 Å². The quantitative estimate of drug-likeness (QED) is 0.146. The van der Waals surface area contributed by atoms with Crippen LogP contribution in [0.25, 0.3) is 93.2 Å². The van der Waals surface area contributed by atoms with Gasteiger partial charge in [-0.3, -0.25) is 0 Å². The summed E-state index contributed by atoms with van der Waals surface area (Å²) in [5.41, 5.74) is 14.0. The Hall–Kier alpha value is -8.20. The van der Waals surface area contributed by atoms with Crippen LogP contribution in [0.5, 0.6) is 0 Å². The van der Waals surface area contributed by atoms with Gasteiger partial charge in [0.2, 0.25) is 0 Å². The first-order chi connectivity index (χ1) is 30.8. The van der Waals surface area contributed by atoms with Crippen molar-refractivity contribution in [2.75, 3.05) is 4.90 Å². The van der Waals surface area contributed by atoms with Crippen LogP contribution in [0.4, 0.5) is 17.1 Å². The van der Waals surface area contributed by atoms with Crippen LogP contribution in [-0.2, 0) is 0 Å². The topological polar surface area (TPSA) is 8.17 Å². The Balaban J connectivity index is 1.07. The zero-order valence-corrected chi connectivity index (χ0v) is 34.0. The summed E-state index contributed by atoms with van der Waals surface area (Å²) in [4.78, 5) is 2.39. The van der Waals surface area contributed by atoms with Gasteiger partial charge in [0, 0.05) is 33.5 Å². The van der Waals surface area contributed by atoms with Crippen molar-refractivity contribution in [3.05, 3.63) is 243 Å². The van der Waals surface area contributed by atoms with Crippen LogP contribution in [0, 0.1) is 0 Å². The molecule has 0 aliphatic carbocycles. The standard InChI is InChI=1S/C60H40N2/c1-2-20-45(21-3-1)61(46-34-32-42(33-35-46)50-29-15-18-41-16-4-6-23-49(41)50)48-36-37-52(58(40-48)57-39-44-17-5-7-24-51(44)53-25-8-9-26-54(53)57)43-19-14-22-47(38-43)62-59-30-12-10-27-55(59)56-28-11-13-31-60(56)62/h1-40H. The van der Waals surface area contributed by atoms with Crippen LogP contribution >= 0.6 is 0 Å². The van der Waals surface area contributed by atoms with Gasteiger partial charge >= 0.3 is 0 Å². The first-order valence-electron chi connectivity index (χ1n) is 21.3. The fourth-order valence-corrected chi connectivity index (χ4v) is 9.73. The summed E-state index contributed by atoms with van der Waals surface area (Å²) in [6.07, 6.45) is 0. The number of benzene rings is 11. The number of fused-ring (bicyclic) bond motifs is 7. The van der Waals surface area contributed by atoms with Gasteiger partial charge in [0.1, 0.15) is 0 Å². The van der Waals surface area contributed by atoms with Crippen molar-refractivity contribution in [3.63, 3.8) is 0 Å². The summed E-state index contributed by atoms with van der Waals surface area (Å²) in [7, 11) is 0. The molecule has 1 aromatic heterocycles. The molecule has 0 fully saturated rings.